The molecule has 0 aliphatic rings. The lowest BCUT2D eigenvalue weighted by Gasteiger charge is -2.23. The van der Waals surface area contributed by atoms with Gasteiger partial charge < -0.3 is 4.98 Å². The number of fused-ring (bicyclic) bond motifs is 1. The molecule has 150 valence electrons. The summed E-state index contributed by atoms with van der Waals surface area (Å²) in [5.41, 5.74) is -0.792. The van der Waals surface area contributed by atoms with Crippen LogP contribution in [0.25, 0.3) is 10.9 Å². The van der Waals surface area contributed by atoms with E-state index in [9.17, 15) is 27.6 Å². The summed E-state index contributed by atoms with van der Waals surface area (Å²) in [4.78, 5) is 14.9. The van der Waals surface area contributed by atoms with Crippen LogP contribution >= 0.6 is 0 Å². The van der Waals surface area contributed by atoms with Crippen molar-refractivity contribution in [1.82, 2.24) is 4.98 Å². The van der Waals surface area contributed by atoms with Crippen LogP contribution in [-0.2, 0) is 24.4 Å². The van der Waals surface area contributed by atoms with Crippen molar-refractivity contribution in [3.05, 3.63) is 80.9 Å². The van der Waals surface area contributed by atoms with Crippen molar-refractivity contribution >= 4 is 10.9 Å². The second-order valence-electron chi connectivity index (χ2n) is 7.25. The quantitative estimate of drug-likeness (QED) is 0.604. The third kappa shape index (κ3) is 4.16. The molecule has 29 heavy (non-hydrogen) atoms. The van der Waals surface area contributed by atoms with Gasteiger partial charge in [-0.3, -0.25) is 4.79 Å². The third-order valence-electron chi connectivity index (χ3n) is 5.03. The largest absolute Gasteiger partial charge is 0.416 e. The Morgan fingerprint density at radius 2 is 1.79 bits per heavy atom. The van der Waals surface area contributed by atoms with Crippen LogP contribution in [0.2, 0.25) is 0 Å². The summed E-state index contributed by atoms with van der Waals surface area (Å²) in [5.74, 6) is -1.01. The SMILES string of the molecule is CCc1cc2ccc(C(C)(C#N)Cc3cc(F)cc(C(F)(F)F)c3)cc2[nH]c1=O. The van der Waals surface area contributed by atoms with Crippen LogP contribution in [0.1, 0.15) is 36.1 Å². The molecule has 3 aromatic rings. The molecule has 3 rings (SSSR count). The van der Waals surface area contributed by atoms with E-state index in [0.29, 0.717) is 29.1 Å². The first kappa shape index (κ1) is 20.6. The molecule has 0 bridgehead atoms. The number of rotatable bonds is 4. The van der Waals surface area contributed by atoms with Crippen molar-refractivity contribution in [3.8, 4) is 6.07 Å². The van der Waals surface area contributed by atoms with Gasteiger partial charge >= 0.3 is 6.18 Å². The molecule has 1 unspecified atom stereocenters. The average molecular weight is 402 g/mol. The summed E-state index contributed by atoms with van der Waals surface area (Å²) in [6, 6.07) is 11.3. The minimum absolute atomic E-state index is 0.0660. The zero-order chi connectivity index (χ0) is 21.4. The molecule has 2 aromatic carbocycles. The number of nitrogens with zero attached hydrogens (tertiary/aromatic N) is 1. The Morgan fingerprint density at radius 1 is 1.07 bits per heavy atom. The molecule has 0 saturated heterocycles. The molecule has 1 aromatic heterocycles. The summed E-state index contributed by atoms with van der Waals surface area (Å²) in [6.07, 6.45) is -4.23. The van der Waals surface area contributed by atoms with Crippen LogP contribution in [0.15, 0.2) is 47.3 Å². The molecular formula is C22H18F4N2O. The van der Waals surface area contributed by atoms with E-state index in [1.165, 1.54) is 0 Å². The maximum atomic E-state index is 13.7. The van der Waals surface area contributed by atoms with Gasteiger partial charge in [-0.05, 0) is 66.6 Å². The molecule has 7 heteroatoms. The highest BCUT2D eigenvalue weighted by atomic mass is 19.4. The zero-order valence-electron chi connectivity index (χ0n) is 15.8. The molecule has 0 spiro atoms. The minimum Gasteiger partial charge on any atom is -0.322 e. The van der Waals surface area contributed by atoms with Crippen molar-refractivity contribution in [2.45, 2.75) is 38.3 Å². The van der Waals surface area contributed by atoms with Gasteiger partial charge in [-0.2, -0.15) is 18.4 Å². The van der Waals surface area contributed by atoms with E-state index in [-0.39, 0.29) is 17.5 Å². The molecule has 0 amide bonds. The van der Waals surface area contributed by atoms with Gasteiger partial charge in [-0.25, -0.2) is 4.39 Å². The Balaban J connectivity index is 2.05. The Hall–Kier alpha value is -3.14. The number of aryl methyl sites for hydroxylation is 1. The van der Waals surface area contributed by atoms with Crippen molar-refractivity contribution < 1.29 is 17.6 Å². The zero-order valence-corrected chi connectivity index (χ0v) is 15.8. The van der Waals surface area contributed by atoms with Gasteiger partial charge in [-0.15, -0.1) is 0 Å². The maximum Gasteiger partial charge on any atom is 0.416 e. The first-order valence-corrected chi connectivity index (χ1v) is 9.00. The summed E-state index contributed by atoms with van der Waals surface area (Å²) in [7, 11) is 0. The number of benzene rings is 2. The van der Waals surface area contributed by atoms with Gasteiger partial charge in [0.05, 0.1) is 17.0 Å². The lowest BCUT2D eigenvalue weighted by atomic mass is 9.78. The van der Waals surface area contributed by atoms with Crippen molar-refractivity contribution in [2.75, 3.05) is 0 Å². The van der Waals surface area contributed by atoms with Crippen molar-refractivity contribution in [1.29, 1.82) is 5.26 Å². The van der Waals surface area contributed by atoms with Crippen LogP contribution < -0.4 is 5.56 Å². The predicted octanol–water partition coefficient (Wildman–Crippen LogP) is 5.27. The van der Waals surface area contributed by atoms with E-state index in [4.69, 9.17) is 0 Å². The van der Waals surface area contributed by atoms with E-state index in [2.05, 4.69) is 11.1 Å². The number of aromatic nitrogens is 1. The maximum absolute atomic E-state index is 13.7. The topological polar surface area (TPSA) is 56.6 Å². The van der Waals surface area contributed by atoms with Gasteiger partial charge in [0.15, 0.2) is 0 Å². The fourth-order valence-corrected chi connectivity index (χ4v) is 3.38. The van der Waals surface area contributed by atoms with E-state index in [1.807, 2.05) is 6.92 Å². The number of H-pyrrole nitrogens is 1. The predicted molar refractivity (Wildman–Crippen MR) is 102 cm³/mol. The van der Waals surface area contributed by atoms with E-state index >= 15 is 0 Å². The number of alkyl halides is 3. The first-order chi connectivity index (χ1) is 13.6. The average Bonchev–Trinajstić information content (AvgIpc) is 2.65. The van der Waals surface area contributed by atoms with Gasteiger partial charge in [0.1, 0.15) is 5.82 Å². The molecule has 0 aliphatic carbocycles. The third-order valence-corrected chi connectivity index (χ3v) is 5.03. The van der Waals surface area contributed by atoms with Gasteiger partial charge in [0, 0.05) is 11.1 Å². The summed E-state index contributed by atoms with van der Waals surface area (Å²) < 4.78 is 52.7. The molecule has 1 heterocycles. The lowest BCUT2D eigenvalue weighted by molar-refractivity contribution is -0.137. The Bertz CT molecular complexity index is 1170. The Labute approximate surface area is 164 Å². The molecule has 1 N–H and O–H groups in total. The number of pyridine rings is 1. The second kappa shape index (κ2) is 7.36. The number of nitriles is 1. The van der Waals surface area contributed by atoms with Crippen molar-refractivity contribution in [3.63, 3.8) is 0 Å². The van der Waals surface area contributed by atoms with Crippen LogP contribution in [0, 0.1) is 17.1 Å². The summed E-state index contributed by atoms with van der Waals surface area (Å²) >= 11 is 0. The van der Waals surface area contributed by atoms with Crippen molar-refractivity contribution in [2.24, 2.45) is 0 Å². The molecule has 0 fully saturated rings. The highest BCUT2D eigenvalue weighted by Gasteiger charge is 2.33. The van der Waals surface area contributed by atoms with Gasteiger partial charge in [0.25, 0.3) is 5.56 Å². The molecule has 0 radical (unpaired) electrons. The lowest BCUT2D eigenvalue weighted by Crippen LogP contribution is -2.23. The first-order valence-electron chi connectivity index (χ1n) is 9.00. The standard InChI is InChI=1S/C22H18F4N2O/c1-3-14-8-15-4-5-16(10-19(15)28-20(14)29)21(2,12-27)11-13-6-17(22(24,25)26)9-18(23)7-13/h4-10H,3,11H2,1-2H3,(H,28,29). The monoisotopic (exact) mass is 402 g/mol. The molecular weight excluding hydrogens is 384 g/mol. The van der Waals surface area contributed by atoms with Crippen LogP contribution in [0.3, 0.4) is 0 Å². The Kier molecular flexibility index (Phi) is 5.22. The molecule has 0 aliphatic heterocycles. The normalized spacial score (nSPS) is 13.8. The van der Waals surface area contributed by atoms with Crippen LogP contribution in [0.4, 0.5) is 17.6 Å². The number of hydrogen-bond acceptors (Lipinski definition) is 2. The molecule has 0 saturated carbocycles. The number of nitrogens with one attached hydrogen (secondary N) is 1. The minimum atomic E-state index is -4.68. The van der Waals surface area contributed by atoms with Crippen LogP contribution in [-0.4, -0.2) is 4.98 Å². The Morgan fingerprint density at radius 3 is 2.41 bits per heavy atom. The fraction of sp³-hybridized carbons (Fsp3) is 0.273. The summed E-state index contributed by atoms with van der Waals surface area (Å²) in [5, 5.41) is 10.6. The van der Waals surface area contributed by atoms with Crippen LogP contribution in [0.5, 0.6) is 0 Å². The number of halogens is 4. The second-order valence-corrected chi connectivity index (χ2v) is 7.25. The number of hydrogen-bond donors (Lipinski definition) is 1. The van der Waals surface area contributed by atoms with Gasteiger partial charge in [-0.1, -0.05) is 19.1 Å². The highest BCUT2D eigenvalue weighted by molar-refractivity contribution is 5.80. The van der Waals surface area contributed by atoms with Gasteiger partial charge in [0.2, 0.25) is 0 Å². The summed E-state index contributed by atoms with van der Waals surface area (Å²) in [6.45, 7) is 3.44. The van der Waals surface area contributed by atoms with E-state index in [1.54, 1.807) is 31.2 Å². The highest BCUT2D eigenvalue weighted by Crippen LogP contribution is 2.34. The smallest absolute Gasteiger partial charge is 0.322 e. The fourth-order valence-electron chi connectivity index (χ4n) is 3.38. The molecule has 1 atom stereocenters. The van der Waals surface area contributed by atoms with E-state index < -0.39 is 23.0 Å². The number of aromatic amines is 1. The van der Waals surface area contributed by atoms with E-state index in [0.717, 1.165) is 17.5 Å². The molecule has 3 nitrogen and oxygen atoms in total.